The molecule has 0 aromatic heterocycles. The zero-order valence-corrected chi connectivity index (χ0v) is 14.0. The summed E-state index contributed by atoms with van der Waals surface area (Å²) in [6, 6.07) is 16.8. The predicted molar refractivity (Wildman–Crippen MR) is 94.5 cm³/mol. The van der Waals surface area contributed by atoms with Gasteiger partial charge in [-0.2, -0.15) is 0 Å². The first kappa shape index (κ1) is 17.1. The number of rotatable bonds is 6. The van der Waals surface area contributed by atoms with Crippen LogP contribution in [0.5, 0.6) is 0 Å². The molecule has 0 aliphatic rings. The lowest BCUT2D eigenvalue weighted by Crippen LogP contribution is -2.29. The van der Waals surface area contributed by atoms with Crippen molar-refractivity contribution >= 4 is 29.3 Å². The zero-order valence-electron chi connectivity index (χ0n) is 13.2. The number of amides is 2. The van der Waals surface area contributed by atoms with Crippen molar-refractivity contribution in [2.75, 3.05) is 11.6 Å². The molecule has 0 fully saturated rings. The van der Waals surface area contributed by atoms with Crippen LogP contribution < -0.4 is 10.6 Å². The van der Waals surface area contributed by atoms with Gasteiger partial charge in [0.15, 0.2) is 0 Å². The summed E-state index contributed by atoms with van der Waals surface area (Å²) >= 11 is 1.62. The Morgan fingerprint density at radius 2 is 1.83 bits per heavy atom. The Kier molecular flexibility index (Phi) is 6.23. The van der Waals surface area contributed by atoms with Crippen LogP contribution in [0.15, 0.2) is 59.5 Å². The van der Waals surface area contributed by atoms with Crippen molar-refractivity contribution in [2.24, 2.45) is 0 Å². The van der Waals surface area contributed by atoms with Gasteiger partial charge < -0.3 is 10.6 Å². The van der Waals surface area contributed by atoms with Crippen molar-refractivity contribution in [3.8, 4) is 0 Å². The molecule has 23 heavy (non-hydrogen) atoms. The molecule has 4 nitrogen and oxygen atoms in total. The minimum atomic E-state index is -0.336. The normalized spacial score (nSPS) is 11.6. The molecule has 5 heteroatoms. The smallest absolute Gasteiger partial charge is 0.226 e. The molecule has 0 saturated heterocycles. The van der Waals surface area contributed by atoms with E-state index in [1.807, 2.05) is 60.9 Å². The third-order valence-electron chi connectivity index (χ3n) is 3.32. The molecule has 2 aromatic carbocycles. The van der Waals surface area contributed by atoms with Crippen molar-refractivity contribution in [1.82, 2.24) is 5.32 Å². The van der Waals surface area contributed by atoms with E-state index in [2.05, 4.69) is 10.6 Å². The first-order valence-electron chi connectivity index (χ1n) is 7.34. The van der Waals surface area contributed by atoms with Gasteiger partial charge in [0.05, 0.1) is 12.5 Å². The molecule has 2 N–H and O–H groups in total. The van der Waals surface area contributed by atoms with Crippen LogP contribution in [-0.4, -0.2) is 18.1 Å². The van der Waals surface area contributed by atoms with Crippen LogP contribution in [0.3, 0.4) is 0 Å². The minimum absolute atomic E-state index is 0.133. The molecule has 0 spiro atoms. The standard InChI is InChI=1S/C18H20N2O2S/c1-13(21)19-17(14-7-4-3-5-8-14)12-18(22)20-15-9-6-10-16(11-15)23-2/h3-11,17H,12H2,1-2H3,(H,19,21)(H,20,22)/t17-/m0/s1. The van der Waals surface area contributed by atoms with Crippen LogP contribution >= 0.6 is 11.8 Å². The highest BCUT2D eigenvalue weighted by molar-refractivity contribution is 7.98. The van der Waals surface area contributed by atoms with Crippen LogP contribution in [0.1, 0.15) is 24.9 Å². The zero-order chi connectivity index (χ0) is 16.7. The molecule has 0 aliphatic heterocycles. The lowest BCUT2D eigenvalue weighted by atomic mass is 10.0. The fourth-order valence-corrected chi connectivity index (χ4v) is 2.74. The summed E-state index contributed by atoms with van der Waals surface area (Å²) in [5, 5.41) is 5.72. The molecule has 0 saturated carbocycles. The Labute approximate surface area is 140 Å². The molecular weight excluding hydrogens is 308 g/mol. The van der Waals surface area contributed by atoms with Gasteiger partial charge in [0.1, 0.15) is 0 Å². The van der Waals surface area contributed by atoms with Gasteiger partial charge in [0, 0.05) is 17.5 Å². The Bertz CT molecular complexity index is 674. The summed E-state index contributed by atoms with van der Waals surface area (Å²) in [4.78, 5) is 24.8. The highest BCUT2D eigenvalue weighted by atomic mass is 32.2. The lowest BCUT2D eigenvalue weighted by molar-refractivity contribution is -0.120. The summed E-state index contributed by atoms with van der Waals surface area (Å²) in [6.45, 7) is 1.45. The Hall–Kier alpha value is -2.27. The Morgan fingerprint density at radius 3 is 2.48 bits per heavy atom. The SMILES string of the molecule is CSc1cccc(NC(=O)C[C@H](NC(C)=O)c2ccccc2)c1. The van der Waals surface area contributed by atoms with E-state index in [0.29, 0.717) is 0 Å². The molecule has 120 valence electrons. The summed E-state index contributed by atoms with van der Waals surface area (Å²) in [5.41, 5.74) is 1.67. The van der Waals surface area contributed by atoms with Crippen molar-refractivity contribution in [3.63, 3.8) is 0 Å². The molecule has 2 rings (SSSR count). The van der Waals surface area contributed by atoms with E-state index in [9.17, 15) is 9.59 Å². The third-order valence-corrected chi connectivity index (χ3v) is 4.05. The maximum Gasteiger partial charge on any atom is 0.226 e. The fourth-order valence-electron chi connectivity index (χ4n) is 2.28. The number of thioether (sulfide) groups is 1. The van der Waals surface area contributed by atoms with Gasteiger partial charge in [-0.15, -0.1) is 11.8 Å². The van der Waals surface area contributed by atoms with Gasteiger partial charge in [-0.25, -0.2) is 0 Å². The van der Waals surface area contributed by atoms with Crippen molar-refractivity contribution in [3.05, 3.63) is 60.2 Å². The van der Waals surface area contributed by atoms with E-state index >= 15 is 0 Å². The lowest BCUT2D eigenvalue weighted by Gasteiger charge is -2.18. The molecular formula is C18H20N2O2S. The van der Waals surface area contributed by atoms with Gasteiger partial charge in [-0.3, -0.25) is 9.59 Å². The second-order valence-electron chi connectivity index (χ2n) is 5.15. The average molecular weight is 328 g/mol. The van der Waals surface area contributed by atoms with E-state index in [1.165, 1.54) is 6.92 Å². The molecule has 0 unspecified atom stereocenters. The molecule has 2 aromatic rings. The van der Waals surface area contributed by atoms with Crippen LogP contribution in [-0.2, 0) is 9.59 Å². The average Bonchev–Trinajstić information content (AvgIpc) is 2.54. The van der Waals surface area contributed by atoms with Gasteiger partial charge in [-0.1, -0.05) is 36.4 Å². The number of hydrogen-bond acceptors (Lipinski definition) is 3. The topological polar surface area (TPSA) is 58.2 Å². The fraction of sp³-hybridized carbons (Fsp3) is 0.222. The highest BCUT2D eigenvalue weighted by Crippen LogP contribution is 2.21. The predicted octanol–water partition coefficient (Wildman–Crippen LogP) is 3.61. The molecule has 0 bridgehead atoms. The van der Waals surface area contributed by atoms with Crippen molar-refractivity contribution in [1.29, 1.82) is 0 Å². The largest absolute Gasteiger partial charge is 0.349 e. The van der Waals surface area contributed by atoms with Crippen molar-refractivity contribution in [2.45, 2.75) is 24.3 Å². The minimum Gasteiger partial charge on any atom is -0.349 e. The number of carbonyl (C=O) groups excluding carboxylic acids is 2. The van der Waals surface area contributed by atoms with E-state index in [1.54, 1.807) is 11.8 Å². The van der Waals surface area contributed by atoms with Crippen LogP contribution in [0.25, 0.3) is 0 Å². The second kappa shape index (κ2) is 8.39. The summed E-state index contributed by atoms with van der Waals surface area (Å²) in [7, 11) is 0. The monoisotopic (exact) mass is 328 g/mol. The summed E-state index contributed by atoms with van der Waals surface area (Å²) in [5.74, 6) is -0.290. The molecule has 0 heterocycles. The maximum absolute atomic E-state index is 12.3. The summed E-state index contributed by atoms with van der Waals surface area (Å²) < 4.78 is 0. The van der Waals surface area contributed by atoms with E-state index in [0.717, 1.165) is 16.1 Å². The van der Waals surface area contributed by atoms with E-state index in [4.69, 9.17) is 0 Å². The first-order chi connectivity index (χ1) is 11.1. The maximum atomic E-state index is 12.3. The Balaban J connectivity index is 2.06. The quantitative estimate of drug-likeness (QED) is 0.796. The van der Waals surface area contributed by atoms with Crippen LogP contribution in [0.4, 0.5) is 5.69 Å². The highest BCUT2D eigenvalue weighted by Gasteiger charge is 2.17. The second-order valence-corrected chi connectivity index (χ2v) is 6.03. The number of benzene rings is 2. The first-order valence-corrected chi connectivity index (χ1v) is 8.57. The molecule has 1 atom stereocenters. The van der Waals surface area contributed by atoms with E-state index < -0.39 is 0 Å². The molecule has 0 radical (unpaired) electrons. The van der Waals surface area contributed by atoms with Gasteiger partial charge >= 0.3 is 0 Å². The van der Waals surface area contributed by atoms with Crippen molar-refractivity contribution < 1.29 is 9.59 Å². The third kappa shape index (κ3) is 5.45. The van der Waals surface area contributed by atoms with Gasteiger partial charge in [0.25, 0.3) is 0 Å². The summed E-state index contributed by atoms with van der Waals surface area (Å²) in [6.07, 6.45) is 2.18. The number of carbonyl (C=O) groups is 2. The van der Waals surface area contributed by atoms with Crippen LogP contribution in [0, 0.1) is 0 Å². The van der Waals surface area contributed by atoms with E-state index in [-0.39, 0.29) is 24.3 Å². The van der Waals surface area contributed by atoms with Gasteiger partial charge in [0.2, 0.25) is 11.8 Å². The Morgan fingerprint density at radius 1 is 1.09 bits per heavy atom. The number of nitrogens with one attached hydrogen (secondary N) is 2. The number of hydrogen-bond donors (Lipinski definition) is 2. The van der Waals surface area contributed by atoms with Crippen LogP contribution in [0.2, 0.25) is 0 Å². The molecule has 2 amide bonds. The van der Waals surface area contributed by atoms with Gasteiger partial charge in [-0.05, 0) is 30.0 Å². The molecule has 0 aliphatic carbocycles. The number of anilines is 1.